The van der Waals surface area contributed by atoms with Crippen molar-refractivity contribution in [2.45, 2.75) is 25.1 Å². The molecule has 0 radical (unpaired) electrons. The summed E-state index contributed by atoms with van der Waals surface area (Å²) in [5.74, 6) is 0. The van der Waals surface area contributed by atoms with Crippen molar-refractivity contribution in [3.8, 4) is 11.1 Å². The second-order valence-electron chi connectivity index (χ2n) is 6.87. The topological polar surface area (TPSA) is 15.3 Å². The first kappa shape index (κ1) is 19.2. The molecule has 0 aromatic heterocycles. The third-order valence-corrected chi connectivity index (χ3v) is 5.22. The quantitative estimate of drug-likeness (QED) is 0.713. The maximum atomic E-state index is 13.2. The summed E-state index contributed by atoms with van der Waals surface area (Å²) in [6, 6.07) is 13.5. The normalized spacial score (nSPS) is 18.0. The van der Waals surface area contributed by atoms with Crippen LogP contribution in [-0.2, 0) is 6.42 Å². The molecule has 1 N–H and O–H groups in total. The molecule has 0 amide bonds. The Morgan fingerprint density at radius 1 is 0.962 bits per heavy atom. The Kier molecular flexibility index (Phi) is 5.61. The molecule has 1 saturated heterocycles. The Morgan fingerprint density at radius 2 is 1.65 bits per heavy atom. The van der Waals surface area contributed by atoms with E-state index in [-0.39, 0.29) is 12.4 Å². The van der Waals surface area contributed by atoms with E-state index in [9.17, 15) is 13.2 Å². The lowest BCUT2D eigenvalue weighted by Gasteiger charge is -2.36. The molecule has 6 heteroatoms. The van der Waals surface area contributed by atoms with Crippen LogP contribution in [0, 0.1) is 0 Å². The van der Waals surface area contributed by atoms with Crippen LogP contribution in [0.15, 0.2) is 42.5 Å². The third-order valence-electron chi connectivity index (χ3n) is 5.22. The average molecular weight is 383 g/mol. The van der Waals surface area contributed by atoms with Gasteiger partial charge in [-0.1, -0.05) is 42.5 Å². The average Bonchev–Trinajstić information content (AvgIpc) is 2.97. The largest absolute Gasteiger partial charge is 0.390 e. The minimum Gasteiger partial charge on any atom is -0.314 e. The van der Waals surface area contributed by atoms with E-state index in [0.29, 0.717) is 13.1 Å². The number of benzene rings is 2. The zero-order valence-electron chi connectivity index (χ0n) is 14.4. The first-order valence-corrected chi connectivity index (χ1v) is 8.74. The fourth-order valence-electron chi connectivity index (χ4n) is 4.04. The summed E-state index contributed by atoms with van der Waals surface area (Å²) in [5, 5.41) is 3.21. The molecule has 1 fully saturated rings. The van der Waals surface area contributed by atoms with Gasteiger partial charge < -0.3 is 5.32 Å². The van der Waals surface area contributed by atoms with Crippen molar-refractivity contribution in [2.24, 2.45) is 0 Å². The summed E-state index contributed by atoms with van der Waals surface area (Å²) in [5.41, 5.74) is 5.54. The van der Waals surface area contributed by atoms with Gasteiger partial charge in [-0.15, -0.1) is 12.4 Å². The van der Waals surface area contributed by atoms with Crippen LogP contribution in [0.25, 0.3) is 11.1 Å². The van der Waals surface area contributed by atoms with E-state index in [1.165, 1.54) is 11.1 Å². The Bertz CT molecular complexity index is 770. The van der Waals surface area contributed by atoms with Crippen LogP contribution in [0.4, 0.5) is 13.2 Å². The van der Waals surface area contributed by atoms with Gasteiger partial charge in [-0.2, -0.15) is 13.2 Å². The van der Waals surface area contributed by atoms with Gasteiger partial charge in [0.2, 0.25) is 0 Å². The lowest BCUT2D eigenvalue weighted by Crippen LogP contribution is -2.46. The number of hydrogen-bond donors (Lipinski definition) is 1. The van der Waals surface area contributed by atoms with Crippen LogP contribution in [0.3, 0.4) is 0 Å². The number of fused-ring (bicyclic) bond motifs is 3. The third kappa shape index (κ3) is 3.90. The van der Waals surface area contributed by atoms with Crippen LogP contribution < -0.4 is 5.32 Å². The van der Waals surface area contributed by atoms with E-state index < -0.39 is 18.6 Å². The van der Waals surface area contributed by atoms with E-state index in [4.69, 9.17) is 0 Å². The number of rotatable bonds is 3. The van der Waals surface area contributed by atoms with Crippen molar-refractivity contribution in [2.75, 3.05) is 26.2 Å². The molecule has 1 aliphatic heterocycles. The molecule has 1 aliphatic carbocycles. The van der Waals surface area contributed by atoms with Crippen molar-refractivity contribution in [3.05, 3.63) is 59.2 Å². The zero-order chi connectivity index (χ0) is 17.4. The molecule has 0 bridgehead atoms. The standard InChI is InChI=1S/C20H21F3N2.ClH/c21-20(22,23)13-19(25-9-7-24-8-10-25)15-5-6-18-16(12-15)11-14-3-1-2-4-17(14)18;/h1-6,12,19,24H,7-11,13H2;1H/t19-;/m0./s1. The van der Waals surface area contributed by atoms with Gasteiger partial charge in [0.25, 0.3) is 0 Å². The fraction of sp³-hybridized carbons (Fsp3) is 0.400. The van der Waals surface area contributed by atoms with Gasteiger partial charge in [-0.3, -0.25) is 4.90 Å². The highest BCUT2D eigenvalue weighted by atomic mass is 35.5. The summed E-state index contributed by atoms with van der Waals surface area (Å²) in [7, 11) is 0. The van der Waals surface area contributed by atoms with Gasteiger partial charge in [0.15, 0.2) is 0 Å². The van der Waals surface area contributed by atoms with Gasteiger partial charge in [0.05, 0.1) is 6.42 Å². The number of halogens is 4. The van der Waals surface area contributed by atoms with Crippen LogP contribution in [0.2, 0.25) is 0 Å². The predicted molar refractivity (Wildman–Crippen MR) is 99.8 cm³/mol. The van der Waals surface area contributed by atoms with Crippen LogP contribution >= 0.6 is 12.4 Å². The highest BCUT2D eigenvalue weighted by Gasteiger charge is 2.36. The van der Waals surface area contributed by atoms with Crippen molar-refractivity contribution in [1.29, 1.82) is 0 Å². The molecule has 0 unspecified atom stereocenters. The van der Waals surface area contributed by atoms with Crippen molar-refractivity contribution in [1.82, 2.24) is 10.2 Å². The van der Waals surface area contributed by atoms with Crippen molar-refractivity contribution < 1.29 is 13.2 Å². The number of piperazine rings is 1. The van der Waals surface area contributed by atoms with Crippen molar-refractivity contribution in [3.63, 3.8) is 0 Å². The van der Waals surface area contributed by atoms with E-state index in [2.05, 4.69) is 17.4 Å². The van der Waals surface area contributed by atoms with Crippen LogP contribution in [0.1, 0.15) is 29.2 Å². The number of hydrogen-bond acceptors (Lipinski definition) is 2. The molecule has 0 spiro atoms. The molecule has 2 nitrogen and oxygen atoms in total. The molecule has 1 atom stereocenters. The minimum absolute atomic E-state index is 0. The number of nitrogens with one attached hydrogen (secondary N) is 1. The van der Waals surface area contributed by atoms with Gasteiger partial charge >= 0.3 is 6.18 Å². The molecule has 2 aliphatic rings. The van der Waals surface area contributed by atoms with Gasteiger partial charge in [0.1, 0.15) is 0 Å². The second kappa shape index (κ2) is 7.59. The summed E-state index contributed by atoms with van der Waals surface area (Å²) in [6.07, 6.45) is -4.16. The predicted octanol–water partition coefficient (Wildman–Crippen LogP) is 4.58. The van der Waals surface area contributed by atoms with E-state index in [1.54, 1.807) is 0 Å². The van der Waals surface area contributed by atoms with Crippen molar-refractivity contribution >= 4 is 12.4 Å². The second-order valence-corrected chi connectivity index (χ2v) is 6.87. The fourth-order valence-corrected chi connectivity index (χ4v) is 4.04. The Balaban J connectivity index is 0.00000196. The molecule has 0 saturated carbocycles. The van der Waals surface area contributed by atoms with Crippen LogP contribution in [0.5, 0.6) is 0 Å². The highest BCUT2D eigenvalue weighted by molar-refractivity contribution is 5.85. The zero-order valence-corrected chi connectivity index (χ0v) is 15.2. The van der Waals surface area contributed by atoms with Gasteiger partial charge in [0, 0.05) is 32.2 Å². The maximum Gasteiger partial charge on any atom is 0.390 e. The summed E-state index contributed by atoms with van der Waals surface area (Å²) >= 11 is 0. The SMILES string of the molecule is Cl.FC(F)(F)C[C@@H](c1ccc2c(c1)Cc1ccccc1-2)N1CCNCC1. The van der Waals surface area contributed by atoms with Gasteiger partial charge in [-0.05, 0) is 34.2 Å². The molecular weight excluding hydrogens is 361 g/mol. The molecule has 2 aromatic rings. The summed E-state index contributed by atoms with van der Waals surface area (Å²) < 4.78 is 39.6. The Labute approximate surface area is 157 Å². The first-order chi connectivity index (χ1) is 12.0. The number of alkyl halides is 3. The van der Waals surface area contributed by atoms with E-state index >= 15 is 0 Å². The molecular formula is C20H22ClF3N2. The molecule has 140 valence electrons. The summed E-state index contributed by atoms with van der Waals surface area (Å²) in [4.78, 5) is 1.97. The maximum absolute atomic E-state index is 13.2. The molecule has 1 heterocycles. The Hall–Kier alpha value is -1.56. The number of nitrogens with zero attached hydrogens (tertiary/aromatic N) is 1. The monoisotopic (exact) mass is 382 g/mol. The minimum atomic E-state index is -4.17. The first-order valence-electron chi connectivity index (χ1n) is 8.74. The molecule has 2 aromatic carbocycles. The lowest BCUT2D eigenvalue weighted by atomic mass is 9.96. The van der Waals surface area contributed by atoms with E-state index in [1.807, 2.05) is 35.2 Å². The molecule has 4 rings (SSSR count). The van der Waals surface area contributed by atoms with E-state index in [0.717, 1.165) is 36.2 Å². The van der Waals surface area contributed by atoms with Gasteiger partial charge in [-0.25, -0.2) is 0 Å². The smallest absolute Gasteiger partial charge is 0.314 e. The molecule has 26 heavy (non-hydrogen) atoms. The summed E-state index contributed by atoms with van der Waals surface area (Å²) in [6.45, 7) is 2.78. The Morgan fingerprint density at radius 3 is 2.38 bits per heavy atom. The highest BCUT2D eigenvalue weighted by Crippen LogP contribution is 2.40. The lowest BCUT2D eigenvalue weighted by molar-refractivity contribution is -0.148. The van der Waals surface area contributed by atoms with Crippen LogP contribution in [-0.4, -0.2) is 37.3 Å².